The van der Waals surface area contributed by atoms with Gasteiger partial charge in [0.25, 0.3) is 0 Å². The summed E-state index contributed by atoms with van der Waals surface area (Å²) in [4.78, 5) is 54.6. The molecule has 0 radical (unpaired) electrons. The number of rotatable bonds is 21. The molecule has 0 bridgehead atoms. The van der Waals surface area contributed by atoms with Crippen molar-refractivity contribution in [2.45, 2.75) is 95.8 Å². The Morgan fingerprint density at radius 2 is 1.29 bits per heavy atom. The van der Waals surface area contributed by atoms with E-state index in [1.54, 1.807) is 6.92 Å². The van der Waals surface area contributed by atoms with E-state index in [1.807, 2.05) is 6.92 Å². The number of carbonyl (C=O) groups is 4. The van der Waals surface area contributed by atoms with Crippen LogP contribution in [-0.4, -0.2) is 78.6 Å². The molecule has 38 heavy (non-hydrogen) atoms. The van der Waals surface area contributed by atoms with Gasteiger partial charge in [-0.25, -0.2) is 4.79 Å². The Morgan fingerprint density at radius 1 is 0.789 bits per heavy atom. The van der Waals surface area contributed by atoms with Gasteiger partial charge in [-0.05, 0) is 64.0 Å². The molecule has 0 rings (SSSR count). The Kier molecular flexibility index (Phi) is 18.5. The molecule has 14 heteroatoms. The van der Waals surface area contributed by atoms with Crippen molar-refractivity contribution in [2.75, 3.05) is 19.6 Å². The van der Waals surface area contributed by atoms with E-state index in [-0.39, 0.29) is 31.3 Å². The first-order chi connectivity index (χ1) is 18.0. The van der Waals surface area contributed by atoms with Crippen molar-refractivity contribution >= 4 is 29.7 Å². The molecule has 5 atom stereocenters. The average Bonchev–Trinajstić information content (AvgIpc) is 2.87. The fraction of sp³-hybridized carbons (Fsp3) is 0.792. The zero-order valence-corrected chi connectivity index (χ0v) is 22.8. The number of amides is 3. The van der Waals surface area contributed by atoms with E-state index in [9.17, 15) is 24.3 Å². The van der Waals surface area contributed by atoms with Gasteiger partial charge in [-0.2, -0.15) is 0 Å². The number of unbranched alkanes of at least 4 members (excludes halogenated alkanes) is 2. The smallest absolute Gasteiger partial charge is 0.326 e. The maximum Gasteiger partial charge on any atom is 0.326 e. The predicted octanol–water partition coefficient (Wildman–Crippen LogP) is -1.79. The van der Waals surface area contributed by atoms with Crippen LogP contribution in [0.4, 0.5) is 0 Å². The molecule has 0 saturated heterocycles. The number of aliphatic carboxylic acids is 1. The van der Waals surface area contributed by atoms with Crippen LogP contribution in [0.1, 0.15) is 71.6 Å². The summed E-state index contributed by atoms with van der Waals surface area (Å²) < 4.78 is 0. The molecule has 0 saturated carbocycles. The number of hydrogen-bond donors (Lipinski definition) is 9. The summed E-state index contributed by atoms with van der Waals surface area (Å²) in [5.41, 5.74) is 27.8. The number of carboxylic acids is 1. The Hall–Kier alpha value is -2.97. The summed E-state index contributed by atoms with van der Waals surface area (Å²) in [5, 5.41) is 17.5. The quantitative estimate of drug-likeness (QED) is 0.0445. The minimum absolute atomic E-state index is 0.108. The number of nitrogens with one attached hydrogen (secondary N) is 3. The van der Waals surface area contributed by atoms with Gasteiger partial charge in [0.15, 0.2) is 5.96 Å². The molecule has 14 nitrogen and oxygen atoms in total. The molecule has 0 aromatic rings. The second-order valence-corrected chi connectivity index (χ2v) is 9.46. The third-order valence-electron chi connectivity index (χ3n) is 6.24. The van der Waals surface area contributed by atoms with Gasteiger partial charge in [-0.1, -0.05) is 26.7 Å². The first-order valence-corrected chi connectivity index (χ1v) is 13.3. The Balaban J connectivity index is 5.63. The van der Waals surface area contributed by atoms with Crippen molar-refractivity contribution in [2.24, 2.45) is 39.6 Å². The number of nitrogens with zero attached hydrogens (tertiary/aromatic N) is 1. The SMILES string of the molecule is CCC(C)C(NC(=O)C(CCCN=C(N)N)NC(=O)C(CCCCN)NC(=O)C(N)CCCCN)C(=O)O. The lowest BCUT2D eigenvalue weighted by Crippen LogP contribution is -2.57. The zero-order chi connectivity index (χ0) is 29.1. The highest BCUT2D eigenvalue weighted by Crippen LogP contribution is 2.10. The van der Waals surface area contributed by atoms with E-state index in [0.717, 1.165) is 6.42 Å². The monoisotopic (exact) mass is 543 g/mol. The second kappa shape index (κ2) is 20.1. The highest BCUT2D eigenvalue weighted by atomic mass is 16.4. The summed E-state index contributed by atoms with van der Waals surface area (Å²) in [6.45, 7) is 4.65. The number of aliphatic imine (C=N–C) groups is 1. The highest BCUT2D eigenvalue weighted by molar-refractivity contribution is 5.94. The maximum atomic E-state index is 13.2. The van der Waals surface area contributed by atoms with E-state index in [1.165, 1.54) is 0 Å². The van der Waals surface area contributed by atoms with Crippen LogP contribution in [0, 0.1) is 5.92 Å². The standard InChI is InChI=1S/C24H49N9O5/c1-3-15(2)19(23(37)38)33-22(36)18(11-8-14-30-24(28)29)32-21(35)17(10-5-7-13-26)31-20(34)16(27)9-4-6-12-25/h15-19H,3-14,25-27H2,1-2H3,(H,31,34)(H,32,35)(H,33,36)(H,37,38)(H4,28,29,30). The lowest BCUT2D eigenvalue weighted by atomic mass is 9.98. The number of carbonyl (C=O) groups excluding carboxylic acids is 3. The Labute approximate surface area is 225 Å². The van der Waals surface area contributed by atoms with Gasteiger partial charge in [-0.3, -0.25) is 19.4 Å². The van der Waals surface area contributed by atoms with E-state index >= 15 is 0 Å². The van der Waals surface area contributed by atoms with E-state index in [4.69, 9.17) is 28.7 Å². The summed E-state index contributed by atoms with van der Waals surface area (Å²) >= 11 is 0. The number of carboxylic acid groups (broad SMARTS) is 1. The average molecular weight is 544 g/mol. The summed E-state index contributed by atoms with van der Waals surface area (Å²) in [5.74, 6) is -3.33. The zero-order valence-electron chi connectivity index (χ0n) is 22.8. The van der Waals surface area contributed by atoms with Gasteiger partial charge in [0, 0.05) is 6.54 Å². The Bertz CT molecular complexity index is 762. The van der Waals surface area contributed by atoms with Gasteiger partial charge in [0.2, 0.25) is 17.7 Å². The highest BCUT2D eigenvalue weighted by Gasteiger charge is 2.31. The molecule has 5 unspecified atom stereocenters. The van der Waals surface area contributed by atoms with Gasteiger partial charge in [0.05, 0.1) is 6.04 Å². The van der Waals surface area contributed by atoms with Crippen LogP contribution >= 0.6 is 0 Å². The van der Waals surface area contributed by atoms with E-state index in [0.29, 0.717) is 51.6 Å². The van der Waals surface area contributed by atoms with Crippen LogP contribution in [0.3, 0.4) is 0 Å². The van der Waals surface area contributed by atoms with Crippen LogP contribution in [0.2, 0.25) is 0 Å². The fourth-order valence-electron chi connectivity index (χ4n) is 3.66. The van der Waals surface area contributed by atoms with Crippen molar-refractivity contribution < 1.29 is 24.3 Å². The fourth-order valence-corrected chi connectivity index (χ4v) is 3.66. The largest absolute Gasteiger partial charge is 0.480 e. The molecule has 0 aliphatic rings. The molecule has 0 aromatic carbocycles. The van der Waals surface area contributed by atoms with E-state index in [2.05, 4.69) is 20.9 Å². The molecule has 0 aliphatic carbocycles. The van der Waals surface area contributed by atoms with E-state index < -0.39 is 47.9 Å². The maximum absolute atomic E-state index is 13.2. The number of guanidine groups is 1. The van der Waals surface area contributed by atoms with Crippen molar-refractivity contribution in [1.29, 1.82) is 0 Å². The third kappa shape index (κ3) is 14.7. The van der Waals surface area contributed by atoms with Crippen LogP contribution in [0.25, 0.3) is 0 Å². The lowest BCUT2D eigenvalue weighted by molar-refractivity contribution is -0.144. The van der Waals surface area contributed by atoms with Crippen LogP contribution < -0.4 is 44.6 Å². The molecule has 0 spiro atoms. The summed E-state index contributed by atoms with van der Waals surface area (Å²) in [6, 6.07) is -3.96. The lowest BCUT2D eigenvalue weighted by Gasteiger charge is -2.26. The minimum Gasteiger partial charge on any atom is -0.480 e. The summed E-state index contributed by atoms with van der Waals surface area (Å²) in [6.07, 6.45) is 4.32. The van der Waals surface area contributed by atoms with Crippen LogP contribution in [0.5, 0.6) is 0 Å². The predicted molar refractivity (Wildman–Crippen MR) is 147 cm³/mol. The Morgan fingerprint density at radius 3 is 1.79 bits per heavy atom. The molecule has 0 aromatic heterocycles. The molecule has 3 amide bonds. The molecule has 0 fully saturated rings. The van der Waals surface area contributed by atoms with Crippen molar-refractivity contribution in [1.82, 2.24) is 16.0 Å². The number of nitrogens with two attached hydrogens (primary N) is 5. The first-order valence-electron chi connectivity index (χ1n) is 13.3. The van der Waals surface area contributed by atoms with Crippen LogP contribution in [-0.2, 0) is 19.2 Å². The van der Waals surface area contributed by atoms with Crippen molar-refractivity contribution in [3.63, 3.8) is 0 Å². The molecule has 0 aliphatic heterocycles. The molecular formula is C24H49N9O5. The van der Waals surface area contributed by atoms with Gasteiger partial charge in [0.1, 0.15) is 18.1 Å². The van der Waals surface area contributed by atoms with Crippen molar-refractivity contribution in [3.05, 3.63) is 0 Å². The van der Waals surface area contributed by atoms with Gasteiger partial charge in [-0.15, -0.1) is 0 Å². The number of hydrogen-bond acceptors (Lipinski definition) is 8. The summed E-state index contributed by atoms with van der Waals surface area (Å²) in [7, 11) is 0. The van der Waals surface area contributed by atoms with Gasteiger partial charge >= 0.3 is 5.97 Å². The van der Waals surface area contributed by atoms with Gasteiger partial charge < -0.3 is 49.7 Å². The molecule has 0 heterocycles. The van der Waals surface area contributed by atoms with Crippen molar-refractivity contribution in [3.8, 4) is 0 Å². The first kappa shape index (κ1) is 35.0. The normalized spacial score (nSPS) is 14.9. The topological polar surface area (TPSA) is 267 Å². The molecule has 220 valence electrons. The minimum atomic E-state index is -1.17. The van der Waals surface area contributed by atoms with Crippen LogP contribution in [0.15, 0.2) is 4.99 Å². The molecule has 14 N–H and O–H groups in total. The third-order valence-corrected chi connectivity index (χ3v) is 6.24. The second-order valence-electron chi connectivity index (χ2n) is 9.46. The molecular weight excluding hydrogens is 494 g/mol.